The average Bonchev–Trinajstić information content (AvgIpc) is 3.69. The Balaban J connectivity index is 1.28. The maximum Gasteiger partial charge on any atom is 0.257 e. The first-order valence-electron chi connectivity index (χ1n) is 15.5. The Morgan fingerprint density at radius 1 is 1.04 bits per heavy atom. The van der Waals surface area contributed by atoms with Gasteiger partial charge in [0.05, 0.1) is 49.8 Å². The van der Waals surface area contributed by atoms with Gasteiger partial charge in [-0.1, -0.05) is 30.3 Å². The highest BCUT2D eigenvalue weighted by molar-refractivity contribution is 6.03. The van der Waals surface area contributed by atoms with Crippen LogP contribution in [0.4, 0.5) is 4.39 Å². The van der Waals surface area contributed by atoms with Crippen LogP contribution in [0.3, 0.4) is 0 Å². The Morgan fingerprint density at radius 2 is 1.87 bits per heavy atom. The number of fused-ring (bicyclic) bond motifs is 4. The van der Waals surface area contributed by atoms with E-state index in [0.29, 0.717) is 73.8 Å². The summed E-state index contributed by atoms with van der Waals surface area (Å²) in [7, 11) is 1.56. The molecule has 1 atom stereocenters. The summed E-state index contributed by atoms with van der Waals surface area (Å²) < 4.78 is 27.7. The summed E-state index contributed by atoms with van der Waals surface area (Å²) in [5.74, 6) is -0.425. The molecule has 46 heavy (non-hydrogen) atoms. The number of aromatic amines is 1. The third-order valence-corrected chi connectivity index (χ3v) is 8.97. The molecule has 0 spiro atoms. The Kier molecular flexibility index (Phi) is 8.06. The number of aryl methyl sites for hydroxylation is 1. The van der Waals surface area contributed by atoms with Crippen molar-refractivity contribution in [1.29, 1.82) is 0 Å². The summed E-state index contributed by atoms with van der Waals surface area (Å²) in [6.45, 7) is 2.23. The topological polar surface area (TPSA) is 109 Å². The van der Waals surface area contributed by atoms with Crippen LogP contribution >= 0.6 is 0 Å². The molecule has 1 saturated heterocycles. The third kappa shape index (κ3) is 5.44. The molecule has 9 nitrogen and oxygen atoms in total. The molecule has 236 valence electrons. The number of carbonyl (C=O) groups excluding carboxylic acids is 2. The van der Waals surface area contributed by atoms with Crippen molar-refractivity contribution >= 4 is 22.7 Å². The van der Waals surface area contributed by atoms with Gasteiger partial charge in [-0.25, -0.2) is 4.39 Å². The fraction of sp³-hybridized carbons (Fsp3) is 0.278. The number of benzene rings is 3. The summed E-state index contributed by atoms with van der Waals surface area (Å²) in [6.07, 6.45) is 2.95. The number of carbonyl (C=O) groups is 2. The zero-order valence-electron chi connectivity index (χ0n) is 25.5. The maximum atomic E-state index is 14.6. The molecule has 2 aliphatic rings. The van der Waals surface area contributed by atoms with Gasteiger partial charge in [-0.05, 0) is 60.4 Å². The lowest BCUT2D eigenvalue weighted by Gasteiger charge is -2.28. The standard InChI is InChI=1S/C36H35FN4O5/c1-45-33-17-22-9-10-41-32(28(22)18-29(33)36(44)40-11-13-46-14-12-40)19-30(34(41)23-5-4-6-25(37)15-23)35(43)39-26(21-42)16-24-20-38-31-8-3-2-7-27(24)31/h2-8,15,17-20,26,38,42H,9-14,16,21H2,1H3,(H,39,43)/t26-/m1/s1. The van der Waals surface area contributed by atoms with E-state index in [0.717, 1.165) is 33.3 Å². The molecule has 2 aromatic heterocycles. The second kappa shape index (κ2) is 12.5. The van der Waals surface area contributed by atoms with Crippen molar-refractivity contribution in [2.24, 2.45) is 0 Å². The molecule has 4 heterocycles. The van der Waals surface area contributed by atoms with Crippen LogP contribution in [0.15, 0.2) is 72.9 Å². The van der Waals surface area contributed by atoms with Gasteiger partial charge in [-0.2, -0.15) is 0 Å². The van der Waals surface area contributed by atoms with E-state index in [1.165, 1.54) is 12.1 Å². The van der Waals surface area contributed by atoms with Gasteiger partial charge in [0.2, 0.25) is 0 Å². The first-order chi connectivity index (χ1) is 22.4. The van der Waals surface area contributed by atoms with E-state index >= 15 is 0 Å². The number of rotatable bonds is 8. The second-order valence-corrected chi connectivity index (χ2v) is 11.7. The predicted octanol–water partition coefficient (Wildman–Crippen LogP) is 4.81. The molecule has 0 bridgehead atoms. The number of amides is 2. The Morgan fingerprint density at radius 3 is 2.65 bits per heavy atom. The lowest BCUT2D eigenvalue weighted by molar-refractivity contribution is 0.0301. The van der Waals surface area contributed by atoms with Crippen LogP contribution < -0.4 is 10.1 Å². The van der Waals surface area contributed by atoms with Crippen molar-refractivity contribution in [1.82, 2.24) is 19.8 Å². The van der Waals surface area contributed by atoms with Crippen LogP contribution in [0, 0.1) is 5.82 Å². The molecule has 0 radical (unpaired) electrons. The minimum atomic E-state index is -0.557. The summed E-state index contributed by atoms with van der Waals surface area (Å²) in [5.41, 5.74) is 6.48. The van der Waals surface area contributed by atoms with Gasteiger partial charge in [0.25, 0.3) is 11.8 Å². The molecule has 1 fully saturated rings. The van der Waals surface area contributed by atoms with Gasteiger partial charge < -0.3 is 34.3 Å². The van der Waals surface area contributed by atoms with Crippen LogP contribution in [-0.2, 0) is 24.1 Å². The van der Waals surface area contributed by atoms with Crippen LogP contribution in [0.1, 0.15) is 31.8 Å². The van der Waals surface area contributed by atoms with Gasteiger partial charge in [0.1, 0.15) is 11.6 Å². The van der Waals surface area contributed by atoms with E-state index in [2.05, 4.69) is 10.3 Å². The number of hydrogen-bond acceptors (Lipinski definition) is 5. The number of halogens is 1. The molecular formula is C36H35FN4O5. The van der Waals surface area contributed by atoms with Gasteiger partial charge in [-0.15, -0.1) is 0 Å². The molecule has 7 rings (SSSR count). The number of aliphatic hydroxyl groups is 1. The maximum absolute atomic E-state index is 14.6. The number of ether oxygens (including phenoxy) is 2. The number of nitrogens with one attached hydrogen (secondary N) is 2. The van der Waals surface area contributed by atoms with E-state index in [1.807, 2.05) is 53.2 Å². The number of aliphatic hydroxyl groups excluding tert-OH is 1. The van der Waals surface area contributed by atoms with Crippen LogP contribution in [0.25, 0.3) is 33.4 Å². The molecule has 0 aliphatic carbocycles. The van der Waals surface area contributed by atoms with Crippen molar-refractivity contribution in [3.63, 3.8) is 0 Å². The molecule has 5 aromatic rings. The first kappa shape index (κ1) is 29.8. The highest BCUT2D eigenvalue weighted by Crippen LogP contribution is 2.41. The highest BCUT2D eigenvalue weighted by Gasteiger charge is 2.30. The van der Waals surface area contributed by atoms with Gasteiger partial charge in [0.15, 0.2) is 0 Å². The number of H-pyrrole nitrogens is 1. The predicted molar refractivity (Wildman–Crippen MR) is 173 cm³/mol. The fourth-order valence-corrected chi connectivity index (χ4v) is 6.69. The number of methoxy groups -OCH3 is 1. The van der Waals surface area contributed by atoms with Crippen LogP contribution in [-0.4, -0.2) is 77.4 Å². The SMILES string of the molecule is COc1cc2c(cc1C(=O)N1CCOCC1)-c1cc(C(=O)N[C@@H](CO)Cc3c[nH]c4ccccc34)c(-c3cccc(F)c3)n1CC2. The Hall–Kier alpha value is -4.93. The number of hydrogen-bond donors (Lipinski definition) is 3. The van der Waals surface area contributed by atoms with Crippen molar-refractivity contribution in [2.45, 2.75) is 25.4 Å². The molecule has 3 aromatic carbocycles. The molecule has 10 heteroatoms. The minimum absolute atomic E-state index is 0.141. The molecular weight excluding hydrogens is 587 g/mol. The van der Waals surface area contributed by atoms with E-state index in [9.17, 15) is 19.1 Å². The zero-order valence-corrected chi connectivity index (χ0v) is 25.5. The van der Waals surface area contributed by atoms with Crippen LogP contribution in [0.2, 0.25) is 0 Å². The summed E-state index contributed by atoms with van der Waals surface area (Å²) in [6, 6.07) is 19.1. The zero-order chi connectivity index (χ0) is 31.8. The summed E-state index contributed by atoms with van der Waals surface area (Å²) >= 11 is 0. The van der Waals surface area contributed by atoms with Crippen molar-refractivity contribution in [3.8, 4) is 28.3 Å². The molecule has 2 amide bonds. The minimum Gasteiger partial charge on any atom is -0.496 e. The van der Waals surface area contributed by atoms with E-state index in [-0.39, 0.29) is 18.4 Å². The third-order valence-electron chi connectivity index (χ3n) is 8.97. The number of para-hydroxylation sites is 1. The number of morpholine rings is 1. The van der Waals surface area contributed by atoms with Gasteiger partial charge in [0, 0.05) is 53.6 Å². The normalized spacial score (nSPS) is 14.9. The van der Waals surface area contributed by atoms with Crippen molar-refractivity contribution in [2.75, 3.05) is 40.0 Å². The molecule has 2 aliphatic heterocycles. The molecule has 0 saturated carbocycles. The van der Waals surface area contributed by atoms with Crippen molar-refractivity contribution < 1.29 is 28.6 Å². The smallest absolute Gasteiger partial charge is 0.257 e. The Bertz CT molecular complexity index is 1940. The van der Waals surface area contributed by atoms with Gasteiger partial charge >= 0.3 is 0 Å². The fourth-order valence-electron chi connectivity index (χ4n) is 6.69. The van der Waals surface area contributed by atoms with E-state index in [1.54, 1.807) is 24.1 Å². The second-order valence-electron chi connectivity index (χ2n) is 11.7. The lowest BCUT2D eigenvalue weighted by Crippen LogP contribution is -2.40. The monoisotopic (exact) mass is 622 g/mol. The van der Waals surface area contributed by atoms with E-state index in [4.69, 9.17) is 9.47 Å². The molecule has 0 unspecified atom stereocenters. The Labute approximate surface area is 265 Å². The largest absolute Gasteiger partial charge is 0.496 e. The van der Waals surface area contributed by atoms with Gasteiger partial charge in [-0.3, -0.25) is 9.59 Å². The summed E-state index contributed by atoms with van der Waals surface area (Å²) in [5, 5.41) is 14.4. The van der Waals surface area contributed by atoms with Crippen molar-refractivity contribution in [3.05, 3.63) is 101 Å². The summed E-state index contributed by atoms with van der Waals surface area (Å²) in [4.78, 5) is 32.7. The molecule has 3 N–H and O–H groups in total. The first-order valence-corrected chi connectivity index (χ1v) is 15.5. The lowest BCUT2D eigenvalue weighted by atomic mass is 9.94. The highest BCUT2D eigenvalue weighted by atomic mass is 19.1. The van der Waals surface area contributed by atoms with E-state index < -0.39 is 11.9 Å². The number of nitrogens with zero attached hydrogens (tertiary/aromatic N) is 2. The quantitative estimate of drug-likeness (QED) is 0.230. The number of aromatic nitrogens is 2. The van der Waals surface area contributed by atoms with Crippen LogP contribution in [0.5, 0.6) is 5.75 Å². The average molecular weight is 623 g/mol.